The molecule has 1 saturated carbocycles. The van der Waals surface area contributed by atoms with Gasteiger partial charge in [-0.25, -0.2) is 0 Å². The molecule has 0 bridgehead atoms. The van der Waals surface area contributed by atoms with E-state index in [0.717, 1.165) is 13.2 Å². The van der Waals surface area contributed by atoms with E-state index in [2.05, 4.69) is 26.8 Å². The molecule has 1 spiro atoms. The average molecular weight is 224 g/mol. The summed E-state index contributed by atoms with van der Waals surface area (Å²) in [6.45, 7) is 8.14. The van der Waals surface area contributed by atoms with Gasteiger partial charge in [-0.1, -0.05) is 24.5 Å². The Balaban J connectivity index is 1.83. The molecule has 2 rings (SSSR count). The van der Waals surface area contributed by atoms with E-state index in [1.165, 1.54) is 31.3 Å². The first kappa shape index (κ1) is 12.1. The van der Waals surface area contributed by atoms with Crippen molar-refractivity contribution in [2.24, 2.45) is 5.92 Å². The molecule has 2 aliphatic rings. The maximum Gasteiger partial charge on any atom is 0.0969 e. The van der Waals surface area contributed by atoms with Crippen LogP contribution in [0.5, 0.6) is 0 Å². The molecule has 0 amide bonds. The summed E-state index contributed by atoms with van der Waals surface area (Å²) in [5.74, 6) is 0.617. The third-order valence-electron chi connectivity index (χ3n) is 3.97. The van der Waals surface area contributed by atoms with Crippen molar-refractivity contribution in [3.8, 4) is 0 Å². The molecule has 2 unspecified atom stereocenters. The summed E-state index contributed by atoms with van der Waals surface area (Å²) in [5, 5.41) is 0. The van der Waals surface area contributed by atoms with Gasteiger partial charge in [0.15, 0.2) is 0 Å². The second-order valence-electron chi connectivity index (χ2n) is 5.53. The Hall–Kier alpha value is -0.340. The van der Waals surface area contributed by atoms with Crippen LogP contribution in [0.15, 0.2) is 11.6 Å². The molecule has 0 aromatic carbocycles. The van der Waals surface area contributed by atoms with Crippen LogP contribution >= 0.6 is 0 Å². The fourth-order valence-corrected chi connectivity index (χ4v) is 2.83. The van der Waals surface area contributed by atoms with E-state index >= 15 is 0 Å². The first-order chi connectivity index (χ1) is 7.64. The first-order valence-electron chi connectivity index (χ1n) is 6.53. The predicted molar refractivity (Wildman–Crippen MR) is 65.5 cm³/mol. The maximum absolute atomic E-state index is 5.91. The van der Waals surface area contributed by atoms with E-state index in [1.54, 1.807) is 0 Å². The normalized spacial score (nSPS) is 34.8. The van der Waals surface area contributed by atoms with Gasteiger partial charge >= 0.3 is 0 Å². The van der Waals surface area contributed by atoms with Gasteiger partial charge in [-0.15, -0.1) is 0 Å². The van der Waals surface area contributed by atoms with Crippen LogP contribution in [0.1, 0.15) is 46.5 Å². The van der Waals surface area contributed by atoms with Gasteiger partial charge in [0.05, 0.1) is 24.9 Å². The Bertz CT molecular complexity index is 262. The van der Waals surface area contributed by atoms with E-state index in [9.17, 15) is 0 Å². The minimum absolute atomic E-state index is 0.211. The van der Waals surface area contributed by atoms with Crippen molar-refractivity contribution < 1.29 is 9.47 Å². The van der Waals surface area contributed by atoms with Crippen LogP contribution in [0.4, 0.5) is 0 Å². The lowest BCUT2D eigenvalue weighted by Gasteiger charge is -2.33. The molecule has 92 valence electrons. The summed E-state index contributed by atoms with van der Waals surface area (Å²) in [4.78, 5) is 0. The lowest BCUT2D eigenvalue weighted by Crippen LogP contribution is -2.37. The number of hydrogen-bond acceptors (Lipinski definition) is 2. The SMILES string of the molecule is CC(C)=CCOC(C)C1CCCC[C@]12CO2. The number of hydrogen-bond donors (Lipinski definition) is 0. The minimum Gasteiger partial charge on any atom is -0.374 e. The van der Waals surface area contributed by atoms with Gasteiger partial charge in [-0.3, -0.25) is 0 Å². The predicted octanol–water partition coefficient (Wildman–Crippen LogP) is 3.32. The number of allylic oxidation sites excluding steroid dienone is 1. The van der Waals surface area contributed by atoms with Crippen molar-refractivity contribution in [3.63, 3.8) is 0 Å². The molecular weight excluding hydrogens is 200 g/mol. The largest absolute Gasteiger partial charge is 0.374 e. The fourth-order valence-electron chi connectivity index (χ4n) is 2.83. The zero-order valence-electron chi connectivity index (χ0n) is 10.8. The summed E-state index contributed by atoms with van der Waals surface area (Å²) < 4.78 is 11.6. The molecular formula is C14H24O2. The number of epoxide rings is 1. The van der Waals surface area contributed by atoms with Gasteiger partial charge < -0.3 is 9.47 Å². The Kier molecular flexibility index (Phi) is 3.70. The quantitative estimate of drug-likeness (QED) is 0.540. The van der Waals surface area contributed by atoms with E-state index in [0.29, 0.717) is 12.0 Å². The average Bonchev–Trinajstić information content (AvgIpc) is 2.98. The molecule has 2 fully saturated rings. The minimum atomic E-state index is 0.211. The Morgan fingerprint density at radius 3 is 2.88 bits per heavy atom. The molecule has 0 aromatic heterocycles. The van der Waals surface area contributed by atoms with E-state index in [4.69, 9.17) is 9.47 Å². The molecule has 1 aliphatic heterocycles. The highest BCUT2D eigenvalue weighted by atomic mass is 16.6. The van der Waals surface area contributed by atoms with Crippen LogP contribution in [0, 0.1) is 5.92 Å². The van der Waals surface area contributed by atoms with Gasteiger partial charge in [0.1, 0.15) is 0 Å². The van der Waals surface area contributed by atoms with Gasteiger partial charge in [-0.05, 0) is 33.6 Å². The second-order valence-corrected chi connectivity index (χ2v) is 5.53. The monoisotopic (exact) mass is 224 g/mol. The zero-order valence-corrected chi connectivity index (χ0v) is 10.8. The van der Waals surface area contributed by atoms with Crippen molar-refractivity contribution in [3.05, 3.63) is 11.6 Å². The Morgan fingerprint density at radius 1 is 1.50 bits per heavy atom. The molecule has 2 nitrogen and oxygen atoms in total. The highest BCUT2D eigenvalue weighted by Gasteiger charge is 2.54. The molecule has 0 aromatic rings. The van der Waals surface area contributed by atoms with E-state index in [-0.39, 0.29) is 5.60 Å². The number of ether oxygens (including phenoxy) is 2. The van der Waals surface area contributed by atoms with Crippen LogP contribution in [0.25, 0.3) is 0 Å². The molecule has 0 radical (unpaired) electrons. The standard InChI is InChI=1S/C14H24O2/c1-11(2)7-9-15-12(3)13-6-4-5-8-14(13)10-16-14/h7,12-13H,4-6,8-10H2,1-3H3/t12?,13?,14-/m0/s1. The lowest BCUT2D eigenvalue weighted by atomic mass is 9.76. The number of rotatable bonds is 4. The van der Waals surface area contributed by atoms with E-state index < -0.39 is 0 Å². The third kappa shape index (κ3) is 2.67. The molecule has 1 aliphatic carbocycles. The highest BCUT2D eigenvalue weighted by Crippen LogP contribution is 2.47. The highest BCUT2D eigenvalue weighted by molar-refractivity contribution is 5.03. The topological polar surface area (TPSA) is 21.8 Å². The van der Waals surface area contributed by atoms with Gasteiger partial charge in [0.2, 0.25) is 0 Å². The summed E-state index contributed by atoms with van der Waals surface area (Å²) in [5.41, 5.74) is 1.54. The molecule has 2 heteroatoms. The first-order valence-corrected chi connectivity index (χ1v) is 6.53. The van der Waals surface area contributed by atoms with Crippen LogP contribution in [0.3, 0.4) is 0 Å². The van der Waals surface area contributed by atoms with Crippen LogP contribution in [-0.4, -0.2) is 24.9 Å². The van der Waals surface area contributed by atoms with Crippen molar-refractivity contribution in [2.45, 2.75) is 58.2 Å². The van der Waals surface area contributed by atoms with Crippen molar-refractivity contribution in [2.75, 3.05) is 13.2 Å². The van der Waals surface area contributed by atoms with Crippen LogP contribution in [0.2, 0.25) is 0 Å². The Labute approximate surface area is 99.0 Å². The molecule has 1 saturated heterocycles. The van der Waals surface area contributed by atoms with Crippen molar-refractivity contribution >= 4 is 0 Å². The van der Waals surface area contributed by atoms with E-state index in [1.807, 2.05) is 0 Å². The molecule has 16 heavy (non-hydrogen) atoms. The maximum atomic E-state index is 5.91. The van der Waals surface area contributed by atoms with Crippen molar-refractivity contribution in [1.29, 1.82) is 0 Å². The summed E-state index contributed by atoms with van der Waals surface area (Å²) in [6.07, 6.45) is 7.67. The van der Waals surface area contributed by atoms with Crippen LogP contribution in [-0.2, 0) is 9.47 Å². The fraction of sp³-hybridized carbons (Fsp3) is 0.857. The molecule has 0 N–H and O–H groups in total. The second kappa shape index (κ2) is 4.89. The van der Waals surface area contributed by atoms with Gasteiger partial charge in [0.25, 0.3) is 0 Å². The third-order valence-corrected chi connectivity index (χ3v) is 3.97. The van der Waals surface area contributed by atoms with Crippen LogP contribution < -0.4 is 0 Å². The zero-order chi connectivity index (χ0) is 11.6. The molecule has 3 atom stereocenters. The van der Waals surface area contributed by atoms with Crippen molar-refractivity contribution in [1.82, 2.24) is 0 Å². The summed E-state index contributed by atoms with van der Waals surface area (Å²) >= 11 is 0. The van der Waals surface area contributed by atoms with Gasteiger partial charge in [-0.2, -0.15) is 0 Å². The smallest absolute Gasteiger partial charge is 0.0969 e. The van der Waals surface area contributed by atoms with Gasteiger partial charge in [0, 0.05) is 5.92 Å². The lowest BCUT2D eigenvalue weighted by molar-refractivity contribution is -0.00810. The molecule has 1 heterocycles. The Morgan fingerprint density at radius 2 is 2.25 bits per heavy atom. The summed E-state index contributed by atoms with van der Waals surface area (Å²) in [6, 6.07) is 0. The summed E-state index contributed by atoms with van der Waals surface area (Å²) in [7, 11) is 0.